The van der Waals surface area contributed by atoms with Gasteiger partial charge in [-0.25, -0.2) is 0 Å². The summed E-state index contributed by atoms with van der Waals surface area (Å²) in [5.41, 5.74) is 1.09. The molecule has 2 rings (SSSR count). The van der Waals surface area contributed by atoms with Crippen LogP contribution < -0.4 is 5.32 Å². The van der Waals surface area contributed by atoms with Crippen LogP contribution in [-0.4, -0.2) is 11.5 Å². The third-order valence-electron chi connectivity index (χ3n) is 2.72. The highest BCUT2D eigenvalue weighted by Gasteiger charge is 2.13. The van der Waals surface area contributed by atoms with Crippen LogP contribution in [0, 0.1) is 0 Å². The molecule has 0 amide bonds. The van der Waals surface area contributed by atoms with Crippen molar-refractivity contribution in [2.24, 2.45) is 0 Å². The molecule has 18 heavy (non-hydrogen) atoms. The maximum atomic E-state index is 5.98. The molecule has 2 aromatic heterocycles. The first-order valence-corrected chi connectivity index (χ1v) is 7.37. The van der Waals surface area contributed by atoms with Gasteiger partial charge in [-0.1, -0.05) is 24.6 Å². The monoisotopic (exact) mass is 280 g/mol. The first-order chi connectivity index (χ1) is 8.79. The molecule has 96 valence electrons. The summed E-state index contributed by atoms with van der Waals surface area (Å²) < 4.78 is 0.847. The van der Waals surface area contributed by atoms with Gasteiger partial charge in [0.05, 0.1) is 16.1 Å². The van der Waals surface area contributed by atoms with Gasteiger partial charge in [0, 0.05) is 17.5 Å². The number of aromatic nitrogens is 1. The third kappa shape index (κ3) is 3.80. The second-order valence-corrected chi connectivity index (χ2v) is 5.97. The van der Waals surface area contributed by atoms with Gasteiger partial charge >= 0.3 is 0 Å². The molecule has 0 saturated heterocycles. The molecule has 0 saturated carbocycles. The van der Waals surface area contributed by atoms with Gasteiger partial charge in [-0.15, -0.1) is 11.3 Å². The van der Waals surface area contributed by atoms with E-state index in [4.69, 9.17) is 11.6 Å². The van der Waals surface area contributed by atoms with Crippen molar-refractivity contribution in [3.63, 3.8) is 0 Å². The Morgan fingerprint density at radius 1 is 1.33 bits per heavy atom. The number of pyridine rings is 1. The smallest absolute Gasteiger partial charge is 0.0931 e. The Hall–Kier alpha value is -0.900. The fourth-order valence-corrected chi connectivity index (χ4v) is 2.98. The summed E-state index contributed by atoms with van der Waals surface area (Å²) in [6.07, 6.45) is 3.90. The van der Waals surface area contributed by atoms with Crippen LogP contribution in [0.1, 0.15) is 30.0 Å². The van der Waals surface area contributed by atoms with E-state index >= 15 is 0 Å². The normalized spacial score (nSPS) is 12.6. The van der Waals surface area contributed by atoms with Crippen molar-refractivity contribution in [1.82, 2.24) is 10.3 Å². The van der Waals surface area contributed by atoms with E-state index in [9.17, 15) is 0 Å². The van der Waals surface area contributed by atoms with Gasteiger partial charge < -0.3 is 5.32 Å². The summed E-state index contributed by atoms with van der Waals surface area (Å²) in [6.45, 7) is 3.17. The lowest BCUT2D eigenvalue weighted by Gasteiger charge is -2.17. The number of rotatable bonds is 6. The molecule has 0 radical (unpaired) electrons. The van der Waals surface area contributed by atoms with Crippen LogP contribution in [0.15, 0.2) is 36.5 Å². The summed E-state index contributed by atoms with van der Waals surface area (Å²) in [6, 6.07) is 10.4. The predicted octanol–water partition coefficient (Wildman–Crippen LogP) is 4.08. The van der Waals surface area contributed by atoms with Crippen molar-refractivity contribution in [3.05, 3.63) is 51.4 Å². The summed E-state index contributed by atoms with van der Waals surface area (Å²) in [5, 5.41) is 3.54. The summed E-state index contributed by atoms with van der Waals surface area (Å²) in [7, 11) is 0. The van der Waals surface area contributed by atoms with Crippen molar-refractivity contribution in [1.29, 1.82) is 0 Å². The maximum Gasteiger partial charge on any atom is 0.0931 e. The van der Waals surface area contributed by atoms with Crippen LogP contribution in [0.5, 0.6) is 0 Å². The van der Waals surface area contributed by atoms with E-state index in [-0.39, 0.29) is 6.04 Å². The van der Waals surface area contributed by atoms with Crippen LogP contribution >= 0.6 is 22.9 Å². The van der Waals surface area contributed by atoms with Crippen molar-refractivity contribution in [2.75, 3.05) is 6.54 Å². The topological polar surface area (TPSA) is 24.9 Å². The molecule has 0 fully saturated rings. The van der Waals surface area contributed by atoms with Crippen molar-refractivity contribution in [3.8, 4) is 0 Å². The molecule has 0 aliphatic rings. The Morgan fingerprint density at radius 3 is 2.83 bits per heavy atom. The molecule has 0 bridgehead atoms. The quantitative estimate of drug-likeness (QED) is 0.862. The van der Waals surface area contributed by atoms with Crippen molar-refractivity contribution >= 4 is 22.9 Å². The van der Waals surface area contributed by atoms with Gasteiger partial charge in [0.25, 0.3) is 0 Å². The molecular formula is C14H17ClN2S. The highest BCUT2D eigenvalue weighted by Crippen LogP contribution is 2.26. The molecular weight excluding hydrogens is 264 g/mol. The van der Waals surface area contributed by atoms with Gasteiger partial charge in [0.15, 0.2) is 0 Å². The predicted molar refractivity (Wildman–Crippen MR) is 78.3 cm³/mol. The van der Waals surface area contributed by atoms with E-state index < -0.39 is 0 Å². The van der Waals surface area contributed by atoms with E-state index in [2.05, 4.69) is 29.4 Å². The molecule has 2 heterocycles. The fourth-order valence-electron chi connectivity index (χ4n) is 1.84. The van der Waals surface area contributed by atoms with E-state index in [0.29, 0.717) is 0 Å². The third-order valence-corrected chi connectivity index (χ3v) is 3.97. The van der Waals surface area contributed by atoms with Crippen LogP contribution in [0.3, 0.4) is 0 Å². The molecule has 0 aliphatic carbocycles. The van der Waals surface area contributed by atoms with Gasteiger partial charge in [-0.05, 0) is 37.2 Å². The molecule has 2 aromatic rings. The second kappa shape index (κ2) is 6.88. The average Bonchev–Trinajstić information content (AvgIpc) is 2.81. The van der Waals surface area contributed by atoms with Crippen molar-refractivity contribution < 1.29 is 0 Å². The molecule has 0 aromatic carbocycles. The highest BCUT2D eigenvalue weighted by molar-refractivity contribution is 7.16. The lowest BCUT2D eigenvalue weighted by molar-refractivity contribution is 0.521. The number of thiophene rings is 1. The van der Waals surface area contributed by atoms with Crippen LogP contribution in [0.2, 0.25) is 4.34 Å². The molecule has 1 atom stereocenters. The number of hydrogen-bond donors (Lipinski definition) is 1. The van der Waals surface area contributed by atoms with Gasteiger partial charge in [-0.3, -0.25) is 4.98 Å². The maximum absolute atomic E-state index is 5.98. The van der Waals surface area contributed by atoms with Crippen LogP contribution in [-0.2, 0) is 6.42 Å². The average molecular weight is 281 g/mol. The first-order valence-electron chi connectivity index (χ1n) is 6.18. The summed E-state index contributed by atoms with van der Waals surface area (Å²) in [4.78, 5) is 5.74. The van der Waals surface area contributed by atoms with E-state index in [1.54, 1.807) is 11.3 Å². The zero-order valence-corrected chi connectivity index (χ0v) is 12.0. The first kappa shape index (κ1) is 13.5. The minimum atomic E-state index is 0.265. The molecule has 1 unspecified atom stereocenters. The number of halogens is 1. The molecule has 0 spiro atoms. The Morgan fingerprint density at radius 2 is 2.22 bits per heavy atom. The van der Waals surface area contributed by atoms with Crippen LogP contribution in [0.25, 0.3) is 0 Å². The number of hydrogen-bond acceptors (Lipinski definition) is 3. The van der Waals surface area contributed by atoms with E-state index in [1.165, 1.54) is 4.88 Å². The minimum absolute atomic E-state index is 0.265. The van der Waals surface area contributed by atoms with Crippen LogP contribution in [0.4, 0.5) is 0 Å². The number of nitrogens with one attached hydrogen (secondary N) is 1. The lowest BCUT2D eigenvalue weighted by atomic mass is 10.1. The second-order valence-electron chi connectivity index (χ2n) is 4.17. The van der Waals surface area contributed by atoms with Gasteiger partial charge in [-0.2, -0.15) is 0 Å². The Balaban J connectivity index is 2.10. The minimum Gasteiger partial charge on any atom is -0.308 e. The summed E-state index contributed by atoms with van der Waals surface area (Å²) in [5.74, 6) is 0. The van der Waals surface area contributed by atoms with E-state index in [1.807, 2.05) is 24.4 Å². The SMILES string of the molecule is CCCNC(Cc1ccc(Cl)s1)c1ccccn1. The Kier molecular flexibility index (Phi) is 5.17. The standard InChI is InChI=1S/C14H17ClN2S/c1-2-8-16-13(12-5-3-4-9-17-12)10-11-6-7-14(15)18-11/h3-7,9,13,16H,2,8,10H2,1H3. The lowest BCUT2D eigenvalue weighted by Crippen LogP contribution is -2.24. The number of nitrogens with zero attached hydrogens (tertiary/aromatic N) is 1. The largest absolute Gasteiger partial charge is 0.308 e. The Bertz CT molecular complexity index is 470. The van der Waals surface area contributed by atoms with Gasteiger partial charge in [0.1, 0.15) is 0 Å². The zero-order chi connectivity index (χ0) is 12.8. The Labute approximate surface area is 117 Å². The molecule has 4 heteroatoms. The molecule has 1 N–H and O–H groups in total. The van der Waals surface area contributed by atoms with Crippen molar-refractivity contribution in [2.45, 2.75) is 25.8 Å². The summed E-state index contributed by atoms with van der Waals surface area (Å²) >= 11 is 7.62. The molecule has 2 nitrogen and oxygen atoms in total. The van der Waals surface area contributed by atoms with Gasteiger partial charge in [0.2, 0.25) is 0 Å². The van der Waals surface area contributed by atoms with E-state index in [0.717, 1.165) is 29.4 Å². The molecule has 0 aliphatic heterocycles. The highest BCUT2D eigenvalue weighted by atomic mass is 35.5. The zero-order valence-electron chi connectivity index (χ0n) is 10.4. The fraction of sp³-hybridized carbons (Fsp3) is 0.357.